The van der Waals surface area contributed by atoms with Gasteiger partial charge in [0.2, 0.25) is 0 Å². The van der Waals surface area contributed by atoms with Crippen LogP contribution in [0.1, 0.15) is 38.2 Å². The summed E-state index contributed by atoms with van der Waals surface area (Å²) in [5.41, 5.74) is 2.79. The standard InChI is InChI=1S/C18H29N3/c1-3-20(2)18-9-5-4-7-15(18)14-19-16-10-12-21-11-6-8-17(21)13-16/h4-5,7,9,16-17,19H,3,6,8,10-14H2,1-2H3/t16-,17+/m0/s1. The topological polar surface area (TPSA) is 18.5 Å². The van der Waals surface area contributed by atoms with Crippen molar-refractivity contribution in [3.05, 3.63) is 29.8 Å². The summed E-state index contributed by atoms with van der Waals surface area (Å²) in [6, 6.07) is 10.3. The van der Waals surface area contributed by atoms with Crippen molar-refractivity contribution < 1.29 is 0 Å². The molecule has 2 saturated heterocycles. The van der Waals surface area contributed by atoms with Crippen LogP contribution in [0.15, 0.2) is 24.3 Å². The Kier molecular flexibility index (Phi) is 4.81. The van der Waals surface area contributed by atoms with E-state index >= 15 is 0 Å². The molecule has 2 atom stereocenters. The van der Waals surface area contributed by atoms with Crippen molar-refractivity contribution in [3.63, 3.8) is 0 Å². The van der Waals surface area contributed by atoms with Crippen LogP contribution in [0.4, 0.5) is 5.69 Å². The normalized spacial score (nSPS) is 25.8. The molecule has 0 amide bonds. The number of rotatable bonds is 5. The highest BCUT2D eigenvalue weighted by Gasteiger charge is 2.31. The molecular formula is C18H29N3. The molecule has 2 aliphatic heterocycles. The summed E-state index contributed by atoms with van der Waals surface area (Å²) in [5, 5.41) is 3.82. The molecule has 2 aliphatic rings. The van der Waals surface area contributed by atoms with Crippen molar-refractivity contribution in [2.24, 2.45) is 0 Å². The van der Waals surface area contributed by atoms with Crippen molar-refractivity contribution in [2.45, 2.75) is 51.2 Å². The lowest BCUT2D eigenvalue weighted by Crippen LogP contribution is -2.45. The van der Waals surface area contributed by atoms with Gasteiger partial charge < -0.3 is 15.1 Å². The fourth-order valence-corrected chi connectivity index (χ4v) is 3.87. The number of hydrogen-bond donors (Lipinski definition) is 1. The number of nitrogens with zero attached hydrogens (tertiary/aromatic N) is 2. The molecule has 0 bridgehead atoms. The molecule has 21 heavy (non-hydrogen) atoms. The molecule has 2 heterocycles. The van der Waals surface area contributed by atoms with Crippen LogP contribution < -0.4 is 10.2 Å². The Balaban J connectivity index is 1.58. The van der Waals surface area contributed by atoms with E-state index in [1.165, 1.54) is 50.0 Å². The van der Waals surface area contributed by atoms with Crippen molar-refractivity contribution >= 4 is 5.69 Å². The summed E-state index contributed by atoms with van der Waals surface area (Å²) in [4.78, 5) is 5.02. The van der Waals surface area contributed by atoms with E-state index < -0.39 is 0 Å². The molecule has 3 rings (SSSR count). The second-order valence-corrected chi connectivity index (χ2v) is 6.58. The Bertz CT molecular complexity index is 460. The molecule has 3 nitrogen and oxygen atoms in total. The number of nitrogens with one attached hydrogen (secondary N) is 1. The van der Waals surface area contributed by atoms with Crippen LogP contribution >= 0.6 is 0 Å². The average molecular weight is 287 g/mol. The molecule has 3 heteroatoms. The average Bonchev–Trinajstić information content (AvgIpc) is 3.00. The van der Waals surface area contributed by atoms with Crippen LogP contribution in [0.5, 0.6) is 0 Å². The molecule has 1 N–H and O–H groups in total. The third-order valence-electron chi connectivity index (χ3n) is 5.28. The smallest absolute Gasteiger partial charge is 0.0409 e. The first-order valence-corrected chi connectivity index (χ1v) is 8.54. The number of hydrogen-bond acceptors (Lipinski definition) is 3. The second-order valence-electron chi connectivity index (χ2n) is 6.58. The molecule has 0 saturated carbocycles. The Labute approximate surface area is 129 Å². The van der Waals surface area contributed by atoms with Gasteiger partial charge in [-0.05, 0) is 57.3 Å². The summed E-state index contributed by atoms with van der Waals surface area (Å²) in [6.45, 7) is 6.88. The summed E-state index contributed by atoms with van der Waals surface area (Å²) in [6.07, 6.45) is 5.46. The molecular weight excluding hydrogens is 258 g/mol. The van der Waals surface area contributed by atoms with Crippen LogP contribution in [0.3, 0.4) is 0 Å². The third-order valence-corrected chi connectivity index (χ3v) is 5.28. The van der Waals surface area contributed by atoms with Gasteiger partial charge in [-0.2, -0.15) is 0 Å². The van der Waals surface area contributed by atoms with Crippen molar-refractivity contribution in [1.82, 2.24) is 10.2 Å². The number of benzene rings is 1. The predicted molar refractivity (Wildman–Crippen MR) is 89.8 cm³/mol. The molecule has 116 valence electrons. The minimum atomic E-state index is 0.698. The fraction of sp³-hybridized carbons (Fsp3) is 0.667. The van der Waals surface area contributed by atoms with Gasteiger partial charge in [-0.3, -0.25) is 0 Å². The maximum absolute atomic E-state index is 3.82. The van der Waals surface area contributed by atoms with Gasteiger partial charge in [0.05, 0.1) is 0 Å². The van der Waals surface area contributed by atoms with E-state index in [0.717, 1.165) is 19.1 Å². The lowest BCUT2D eigenvalue weighted by atomic mass is 9.97. The summed E-state index contributed by atoms with van der Waals surface area (Å²) in [7, 11) is 2.18. The monoisotopic (exact) mass is 287 g/mol. The molecule has 0 radical (unpaired) electrons. The van der Waals surface area contributed by atoms with Crippen molar-refractivity contribution in [3.8, 4) is 0 Å². The summed E-state index contributed by atoms with van der Waals surface area (Å²) >= 11 is 0. The van der Waals surface area contributed by atoms with Gasteiger partial charge in [0.15, 0.2) is 0 Å². The largest absolute Gasteiger partial charge is 0.375 e. The van der Waals surface area contributed by atoms with E-state index in [1.807, 2.05) is 0 Å². The summed E-state index contributed by atoms with van der Waals surface area (Å²) < 4.78 is 0. The van der Waals surface area contributed by atoms with Gasteiger partial charge in [0, 0.05) is 37.9 Å². The second kappa shape index (κ2) is 6.80. The quantitative estimate of drug-likeness (QED) is 0.898. The van der Waals surface area contributed by atoms with E-state index in [9.17, 15) is 0 Å². The van der Waals surface area contributed by atoms with Crippen LogP contribution in [0.2, 0.25) is 0 Å². The fourth-order valence-electron chi connectivity index (χ4n) is 3.87. The van der Waals surface area contributed by atoms with Gasteiger partial charge in [0.25, 0.3) is 0 Å². The number of fused-ring (bicyclic) bond motifs is 1. The number of piperidine rings is 1. The van der Waals surface area contributed by atoms with Crippen molar-refractivity contribution in [1.29, 1.82) is 0 Å². The Morgan fingerprint density at radius 3 is 2.95 bits per heavy atom. The highest BCUT2D eigenvalue weighted by atomic mass is 15.2. The Hall–Kier alpha value is -1.06. The molecule has 2 fully saturated rings. The third kappa shape index (κ3) is 3.41. The first kappa shape index (κ1) is 14.9. The van der Waals surface area contributed by atoms with E-state index in [4.69, 9.17) is 0 Å². The van der Waals surface area contributed by atoms with Gasteiger partial charge in [-0.1, -0.05) is 18.2 Å². The maximum Gasteiger partial charge on any atom is 0.0409 e. The first-order chi connectivity index (χ1) is 10.3. The minimum absolute atomic E-state index is 0.698. The maximum atomic E-state index is 3.82. The van der Waals surface area contributed by atoms with E-state index in [0.29, 0.717) is 6.04 Å². The molecule has 0 aliphatic carbocycles. The van der Waals surface area contributed by atoms with Gasteiger partial charge >= 0.3 is 0 Å². The number of anilines is 1. The molecule has 0 spiro atoms. The molecule has 1 aromatic carbocycles. The highest BCUT2D eigenvalue weighted by Crippen LogP contribution is 2.27. The van der Waals surface area contributed by atoms with E-state index in [-0.39, 0.29) is 0 Å². The molecule has 1 aromatic rings. The lowest BCUT2D eigenvalue weighted by Gasteiger charge is -2.35. The SMILES string of the molecule is CCN(C)c1ccccc1CN[C@H]1CCN2CCC[C@@H]2C1. The van der Waals surface area contributed by atoms with Crippen molar-refractivity contribution in [2.75, 3.05) is 31.6 Å². The zero-order chi connectivity index (χ0) is 14.7. The number of para-hydroxylation sites is 1. The Morgan fingerprint density at radius 2 is 2.10 bits per heavy atom. The van der Waals surface area contributed by atoms with Crippen LogP contribution in [0.25, 0.3) is 0 Å². The van der Waals surface area contributed by atoms with Crippen LogP contribution in [-0.2, 0) is 6.54 Å². The Morgan fingerprint density at radius 1 is 1.24 bits per heavy atom. The van der Waals surface area contributed by atoms with Gasteiger partial charge in [0.1, 0.15) is 0 Å². The minimum Gasteiger partial charge on any atom is -0.375 e. The van der Waals surface area contributed by atoms with Crippen LogP contribution in [-0.4, -0.2) is 43.7 Å². The summed E-state index contributed by atoms with van der Waals surface area (Å²) in [5.74, 6) is 0. The zero-order valence-corrected chi connectivity index (χ0v) is 13.5. The van der Waals surface area contributed by atoms with Crippen LogP contribution in [0, 0.1) is 0 Å². The predicted octanol–water partition coefficient (Wildman–Crippen LogP) is 2.86. The van der Waals surface area contributed by atoms with E-state index in [2.05, 4.69) is 53.4 Å². The first-order valence-electron chi connectivity index (χ1n) is 8.54. The van der Waals surface area contributed by atoms with E-state index in [1.54, 1.807) is 0 Å². The highest BCUT2D eigenvalue weighted by molar-refractivity contribution is 5.52. The van der Waals surface area contributed by atoms with Gasteiger partial charge in [-0.15, -0.1) is 0 Å². The van der Waals surface area contributed by atoms with Gasteiger partial charge in [-0.25, -0.2) is 0 Å². The zero-order valence-electron chi connectivity index (χ0n) is 13.5. The molecule has 0 aromatic heterocycles. The lowest BCUT2D eigenvalue weighted by molar-refractivity contribution is 0.166. The molecule has 0 unspecified atom stereocenters.